The number of nitrogens with zero attached hydrogens (tertiary/aromatic N) is 4. The Balaban J connectivity index is 1.35. The number of benzene rings is 1. The molecule has 1 saturated heterocycles. The van der Waals surface area contributed by atoms with Crippen molar-refractivity contribution in [2.45, 2.75) is 43.9 Å². The summed E-state index contributed by atoms with van der Waals surface area (Å²) in [5, 5.41) is 18.6. The van der Waals surface area contributed by atoms with Crippen LogP contribution in [0.4, 0.5) is 5.69 Å². The van der Waals surface area contributed by atoms with Crippen LogP contribution in [-0.4, -0.2) is 46.7 Å². The number of ether oxygens (including phenoxy) is 2. The molecule has 4 heterocycles. The van der Waals surface area contributed by atoms with Crippen LogP contribution in [0.5, 0.6) is 5.75 Å². The van der Waals surface area contributed by atoms with E-state index in [1.807, 2.05) is 41.3 Å². The van der Waals surface area contributed by atoms with E-state index in [1.54, 1.807) is 7.11 Å². The van der Waals surface area contributed by atoms with Crippen LogP contribution >= 0.6 is 0 Å². The number of hydrogen-bond acceptors (Lipinski definition) is 8. The highest BCUT2D eigenvalue weighted by molar-refractivity contribution is 5.96. The zero-order valence-corrected chi connectivity index (χ0v) is 19.7. The van der Waals surface area contributed by atoms with E-state index in [4.69, 9.17) is 19.3 Å². The summed E-state index contributed by atoms with van der Waals surface area (Å²) >= 11 is 0. The Bertz CT molecular complexity index is 1300. The standard InChI is InChI=1S/C26H28N6O3/c1-33-20-4-2-17(3-5-20)16-32-25-22(15-29-32)24(30-19-6-8-34-9-7-19)21(14-28-25)23-12-26(35-31-23)10-18(11-26)13-27/h2-5,12,14-15,18-19,31H,6-11,16H2,1H3,(H,28,30). The fraction of sp³-hybridized carbons (Fsp3) is 0.423. The van der Waals surface area contributed by atoms with Gasteiger partial charge in [0.1, 0.15) is 11.4 Å². The SMILES string of the molecule is COc1ccc(Cn2ncc3c(NC4CCOCC4)c(C4=CC5(CC(C#N)C5)ON4)cnc32)cc1. The van der Waals surface area contributed by atoms with Crippen LogP contribution in [0, 0.1) is 17.2 Å². The second-order valence-corrected chi connectivity index (χ2v) is 9.53. The molecule has 2 aromatic heterocycles. The lowest BCUT2D eigenvalue weighted by Gasteiger charge is -2.37. The fourth-order valence-corrected chi connectivity index (χ4v) is 5.13. The second kappa shape index (κ2) is 8.87. The molecule has 1 spiro atoms. The molecular weight excluding hydrogens is 444 g/mol. The topological polar surface area (TPSA) is 106 Å². The predicted octanol–water partition coefficient (Wildman–Crippen LogP) is 3.63. The first-order valence-corrected chi connectivity index (χ1v) is 12.0. The number of pyridine rings is 1. The zero-order chi connectivity index (χ0) is 23.8. The molecule has 0 radical (unpaired) electrons. The summed E-state index contributed by atoms with van der Waals surface area (Å²) in [6.07, 6.45) is 9.19. The van der Waals surface area contributed by atoms with Crippen molar-refractivity contribution in [2.24, 2.45) is 5.92 Å². The van der Waals surface area contributed by atoms with Gasteiger partial charge in [-0.2, -0.15) is 10.4 Å². The van der Waals surface area contributed by atoms with Gasteiger partial charge >= 0.3 is 0 Å². The van der Waals surface area contributed by atoms with Gasteiger partial charge in [0.2, 0.25) is 0 Å². The maximum Gasteiger partial charge on any atom is 0.160 e. The summed E-state index contributed by atoms with van der Waals surface area (Å²) in [5.74, 6) is 0.874. The van der Waals surface area contributed by atoms with E-state index in [0.29, 0.717) is 25.4 Å². The Labute approximate surface area is 203 Å². The van der Waals surface area contributed by atoms with Gasteiger partial charge < -0.3 is 14.8 Å². The Kier molecular flexibility index (Phi) is 5.55. The van der Waals surface area contributed by atoms with E-state index in [2.05, 4.69) is 28.0 Å². The average molecular weight is 473 g/mol. The molecule has 0 unspecified atom stereocenters. The second-order valence-electron chi connectivity index (χ2n) is 9.53. The third-order valence-corrected chi connectivity index (χ3v) is 7.16. The number of methoxy groups -OCH3 is 1. The Hall–Kier alpha value is -3.61. The van der Waals surface area contributed by atoms with E-state index < -0.39 is 5.60 Å². The normalized spacial score (nSPS) is 24.0. The molecule has 3 aromatic rings. The fourth-order valence-electron chi connectivity index (χ4n) is 5.13. The molecule has 0 amide bonds. The number of aromatic nitrogens is 3. The highest BCUT2D eigenvalue weighted by Crippen LogP contribution is 2.46. The first-order chi connectivity index (χ1) is 17.2. The van der Waals surface area contributed by atoms with Crippen molar-refractivity contribution in [1.29, 1.82) is 5.26 Å². The zero-order valence-electron chi connectivity index (χ0n) is 19.7. The van der Waals surface area contributed by atoms with Gasteiger partial charge in [-0.05, 0) is 49.5 Å². The number of nitriles is 1. The number of fused-ring (bicyclic) bond motifs is 1. The smallest absolute Gasteiger partial charge is 0.160 e. The summed E-state index contributed by atoms with van der Waals surface area (Å²) in [4.78, 5) is 10.7. The Morgan fingerprint density at radius 1 is 1.23 bits per heavy atom. The van der Waals surface area contributed by atoms with E-state index in [-0.39, 0.29) is 5.92 Å². The van der Waals surface area contributed by atoms with Gasteiger partial charge in [-0.1, -0.05) is 12.1 Å². The monoisotopic (exact) mass is 472 g/mol. The maximum absolute atomic E-state index is 9.20. The van der Waals surface area contributed by atoms with Gasteiger partial charge in [0, 0.05) is 31.0 Å². The lowest BCUT2D eigenvalue weighted by Crippen LogP contribution is -2.43. The quantitative estimate of drug-likeness (QED) is 0.560. The molecule has 9 nitrogen and oxygen atoms in total. The van der Waals surface area contributed by atoms with Crippen molar-refractivity contribution in [3.05, 3.63) is 53.9 Å². The molecule has 180 valence electrons. The number of anilines is 1. The van der Waals surface area contributed by atoms with Crippen LogP contribution < -0.4 is 15.5 Å². The predicted molar refractivity (Wildman–Crippen MR) is 130 cm³/mol. The van der Waals surface area contributed by atoms with E-state index >= 15 is 0 Å². The molecule has 0 atom stereocenters. The summed E-state index contributed by atoms with van der Waals surface area (Å²) in [6.45, 7) is 2.11. The third-order valence-electron chi connectivity index (χ3n) is 7.16. The van der Waals surface area contributed by atoms with E-state index in [9.17, 15) is 5.26 Å². The molecule has 6 rings (SSSR count). The lowest BCUT2D eigenvalue weighted by molar-refractivity contribution is -0.0982. The molecule has 0 bridgehead atoms. The average Bonchev–Trinajstić information content (AvgIpc) is 3.50. The summed E-state index contributed by atoms with van der Waals surface area (Å²) in [5.41, 5.74) is 7.48. The van der Waals surface area contributed by atoms with Crippen molar-refractivity contribution in [3.63, 3.8) is 0 Å². The van der Waals surface area contributed by atoms with Crippen molar-refractivity contribution in [2.75, 3.05) is 25.6 Å². The molecule has 2 aliphatic heterocycles. The molecule has 1 aromatic carbocycles. The minimum atomic E-state index is -0.404. The number of nitrogens with one attached hydrogen (secondary N) is 2. The molecule has 2 N–H and O–H groups in total. The van der Waals surface area contributed by atoms with Crippen molar-refractivity contribution in [3.8, 4) is 11.8 Å². The minimum absolute atomic E-state index is 0.0454. The van der Waals surface area contributed by atoms with Crippen molar-refractivity contribution >= 4 is 22.4 Å². The van der Waals surface area contributed by atoms with Crippen LogP contribution in [0.1, 0.15) is 36.8 Å². The van der Waals surface area contributed by atoms with Crippen LogP contribution in [0.2, 0.25) is 0 Å². The van der Waals surface area contributed by atoms with E-state index in [0.717, 1.165) is 65.3 Å². The maximum atomic E-state index is 9.20. The Morgan fingerprint density at radius 2 is 2.03 bits per heavy atom. The van der Waals surface area contributed by atoms with Gasteiger partial charge in [-0.15, -0.1) is 0 Å². The van der Waals surface area contributed by atoms with Gasteiger partial charge in [0.05, 0.1) is 48.6 Å². The highest BCUT2D eigenvalue weighted by Gasteiger charge is 2.48. The van der Waals surface area contributed by atoms with Gasteiger partial charge in [-0.25, -0.2) is 9.67 Å². The number of hydroxylamine groups is 1. The van der Waals surface area contributed by atoms with Gasteiger partial charge in [-0.3, -0.25) is 10.3 Å². The molecule has 9 heteroatoms. The van der Waals surface area contributed by atoms with Crippen LogP contribution in [0.25, 0.3) is 16.7 Å². The van der Waals surface area contributed by atoms with Gasteiger partial charge in [0.25, 0.3) is 0 Å². The summed E-state index contributed by atoms with van der Waals surface area (Å²) < 4.78 is 12.8. The molecule has 35 heavy (non-hydrogen) atoms. The Morgan fingerprint density at radius 3 is 2.77 bits per heavy atom. The van der Waals surface area contributed by atoms with Gasteiger partial charge in [0.15, 0.2) is 5.65 Å². The largest absolute Gasteiger partial charge is 0.497 e. The minimum Gasteiger partial charge on any atom is -0.497 e. The third kappa shape index (κ3) is 4.09. The summed E-state index contributed by atoms with van der Waals surface area (Å²) in [7, 11) is 1.67. The number of rotatable bonds is 6. The van der Waals surface area contributed by atoms with Crippen molar-refractivity contribution in [1.82, 2.24) is 20.2 Å². The van der Waals surface area contributed by atoms with Crippen LogP contribution in [0.3, 0.4) is 0 Å². The molecule has 2 fully saturated rings. The highest BCUT2D eigenvalue weighted by atomic mass is 16.7. The number of hydrogen-bond donors (Lipinski definition) is 2. The van der Waals surface area contributed by atoms with E-state index in [1.165, 1.54) is 0 Å². The van der Waals surface area contributed by atoms with Crippen LogP contribution in [-0.2, 0) is 16.1 Å². The summed E-state index contributed by atoms with van der Waals surface area (Å²) in [6, 6.07) is 10.6. The molecular formula is C26H28N6O3. The molecule has 1 saturated carbocycles. The van der Waals surface area contributed by atoms with Crippen LogP contribution in [0.15, 0.2) is 42.7 Å². The molecule has 3 aliphatic rings. The first-order valence-electron chi connectivity index (χ1n) is 12.0. The van der Waals surface area contributed by atoms with Crippen molar-refractivity contribution < 1.29 is 14.3 Å². The molecule has 1 aliphatic carbocycles. The first kappa shape index (κ1) is 21.9. The lowest BCUT2D eigenvalue weighted by atomic mass is 9.71.